The zero-order valence-electron chi connectivity index (χ0n) is 17.0. The highest BCUT2D eigenvalue weighted by Gasteiger charge is 2.33. The fraction of sp³-hybridized carbons (Fsp3) is 0.0870. The molecule has 4 aromatic rings. The molecular weight excluding hydrogens is 453 g/mol. The van der Waals surface area contributed by atoms with E-state index in [9.17, 15) is 22.8 Å². The normalized spacial score (nSPS) is 11.2. The molecule has 2 aromatic heterocycles. The van der Waals surface area contributed by atoms with Crippen molar-refractivity contribution in [2.24, 2.45) is 0 Å². The molecule has 0 unspecified atom stereocenters. The Morgan fingerprint density at radius 3 is 2.27 bits per heavy atom. The highest BCUT2D eigenvalue weighted by molar-refractivity contribution is 7.12. The van der Waals surface area contributed by atoms with Crippen LogP contribution < -0.4 is 10.6 Å². The van der Waals surface area contributed by atoms with E-state index < -0.39 is 11.9 Å². The lowest BCUT2D eigenvalue weighted by molar-refractivity contribution is -0.141. The van der Waals surface area contributed by atoms with Crippen molar-refractivity contribution in [2.75, 3.05) is 5.32 Å². The molecule has 10 heteroatoms. The van der Waals surface area contributed by atoms with Gasteiger partial charge in [0.2, 0.25) is 0 Å². The summed E-state index contributed by atoms with van der Waals surface area (Å²) in [5.41, 5.74) is 1.29. The van der Waals surface area contributed by atoms with Crippen LogP contribution in [0.15, 0.2) is 78.3 Å². The predicted octanol–water partition coefficient (Wildman–Crippen LogP) is 5.13. The van der Waals surface area contributed by atoms with E-state index in [1.807, 2.05) is 5.38 Å². The van der Waals surface area contributed by atoms with Gasteiger partial charge in [0.15, 0.2) is 5.69 Å². The van der Waals surface area contributed by atoms with Gasteiger partial charge in [0.05, 0.1) is 10.6 Å². The molecule has 0 saturated carbocycles. The van der Waals surface area contributed by atoms with E-state index in [0.29, 0.717) is 21.8 Å². The van der Waals surface area contributed by atoms with Crippen molar-refractivity contribution in [1.29, 1.82) is 0 Å². The van der Waals surface area contributed by atoms with Gasteiger partial charge in [-0.1, -0.05) is 18.2 Å². The molecule has 33 heavy (non-hydrogen) atoms. The second kappa shape index (κ2) is 9.29. The fourth-order valence-corrected chi connectivity index (χ4v) is 3.59. The summed E-state index contributed by atoms with van der Waals surface area (Å²) < 4.78 is 39.2. The van der Waals surface area contributed by atoms with Crippen molar-refractivity contribution in [3.05, 3.63) is 100 Å². The number of hydrogen-bond donors (Lipinski definition) is 2. The van der Waals surface area contributed by atoms with Crippen LogP contribution >= 0.6 is 11.3 Å². The molecule has 2 amide bonds. The standard InChI is InChI=1S/C23H17F3N4O2S/c24-23(25,26)20-11-12-30(29-20)18-9-3-15(4-10-18)14-27-21(31)16-5-7-17(8-6-16)28-22(32)19-2-1-13-33-19/h1-13H,14H2,(H,27,31)(H,28,32). The topological polar surface area (TPSA) is 76.0 Å². The molecule has 2 N–H and O–H groups in total. The number of thiophene rings is 1. The lowest BCUT2D eigenvalue weighted by Crippen LogP contribution is -2.22. The number of halogens is 3. The molecule has 168 valence electrons. The van der Waals surface area contributed by atoms with Gasteiger partial charge in [-0.25, -0.2) is 4.68 Å². The number of carbonyl (C=O) groups excluding carboxylic acids is 2. The van der Waals surface area contributed by atoms with E-state index in [0.717, 1.165) is 16.3 Å². The van der Waals surface area contributed by atoms with E-state index in [1.54, 1.807) is 60.7 Å². The highest BCUT2D eigenvalue weighted by atomic mass is 32.1. The van der Waals surface area contributed by atoms with Gasteiger partial charge in [0, 0.05) is 24.0 Å². The van der Waals surface area contributed by atoms with Gasteiger partial charge in [-0.3, -0.25) is 9.59 Å². The second-order valence-corrected chi connectivity index (χ2v) is 7.95. The highest BCUT2D eigenvalue weighted by Crippen LogP contribution is 2.27. The van der Waals surface area contributed by atoms with Crippen molar-refractivity contribution in [3.63, 3.8) is 0 Å². The number of anilines is 1. The lowest BCUT2D eigenvalue weighted by Gasteiger charge is -2.08. The minimum atomic E-state index is -4.50. The van der Waals surface area contributed by atoms with Gasteiger partial charge in [-0.2, -0.15) is 18.3 Å². The summed E-state index contributed by atoms with van der Waals surface area (Å²) in [6, 6.07) is 17.6. The smallest absolute Gasteiger partial charge is 0.348 e. The molecule has 2 aromatic carbocycles. The third kappa shape index (κ3) is 5.47. The Bertz CT molecular complexity index is 1250. The van der Waals surface area contributed by atoms with Gasteiger partial charge in [-0.15, -0.1) is 11.3 Å². The third-order valence-electron chi connectivity index (χ3n) is 4.68. The van der Waals surface area contributed by atoms with E-state index in [1.165, 1.54) is 17.5 Å². The van der Waals surface area contributed by atoms with Crippen LogP contribution in [-0.4, -0.2) is 21.6 Å². The number of hydrogen-bond acceptors (Lipinski definition) is 4. The summed E-state index contributed by atoms with van der Waals surface area (Å²) in [6.07, 6.45) is -3.25. The summed E-state index contributed by atoms with van der Waals surface area (Å²) in [5.74, 6) is -0.507. The summed E-state index contributed by atoms with van der Waals surface area (Å²) >= 11 is 1.34. The predicted molar refractivity (Wildman–Crippen MR) is 118 cm³/mol. The Morgan fingerprint density at radius 2 is 1.67 bits per heavy atom. The Hall–Kier alpha value is -3.92. The van der Waals surface area contributed by atoms with Crippen molar-refractivity contribution in [2.45, 2.75) is 12.7 Å². The number of alkyl halides is 3. The molecule has 2 heterocycles. The summed E-state index contributed by atoms with van der Waals surface area (Å²) in [7, 11) is 0. The summed E-state index contributed by atoms with van der Waals surface area (Å²) in [5, 5.41) is 10.9. The second-order valence-electron chi connectivity index (χ2n) is 7.00. The first-order valence-electron chi connectivity index (χ1n) is 9.75. The minimum absolute atomic E-state index is 0.213. The van der Waals surface area contributed by atoms with E-state index in [4.69, 9.17) is 0 Å². The first kappa shape index (κ1) is 22.3. The van der Waals surface area contributed by atoms with Gasteiger partial charge >= 0.3 is 6.18 Å². The summed E-state index contributed by atoms with van der Waals surface area (Å²) in [4.78, 5) is 25.1. The Labute approximate surface area is 190 Å². The molecular formula is C23H17F3N4O2S. The van der Waals surface area contributed by atoms with Crippen molar-refractivity contribution >= 4 is 28.8 Å². The first-order valence-corrected chi connectivity index (χ1v) is 10.6. The van der Waals surface area contributed by atoms with Crippen LogP contribution in [-0.2, 0) is 12.7 Å². The molecule has 0 saturated heterocycles. The van der Waals surface area contributed by atoms with Gasteiger partial charge < -0.3 is 10.6 Å². The van der Waals surface area contributed by atoms with Gasteiger partial charge in [0.25, 0.3) is 11.8 Å². The molecule has 0 fully saturated rings. The minimum Gasteiger partial charge on any atom is -0.348 e. The monoisotopic (exact) mass is 470 g/mol. The molecule has 6 nitrogen and oxygen atoms in total. The number of nitrogens with one attached hydrogen (secondary N) is 2. The summed E-state index contributed by atoms with van der Waals surface area (Å²) in [6.45, 7) is 0.239. The molecule has 0 aliphatic carbocycles. The average molecular weight is 470 g/mol. The molecule has 0 radical (unpaired) electrons. The van der Waals surface area contributed by atoms with E-state index in [2.05, 4.69) is 15.7 Å². The zero-order chi connectivity index (χ0) is 23.4. The van der Waals surface area contributed by atoms with Crippen molar-refractivity contribution in [1.82, 2.24) is 15.1 Å². The molecule has 0 aliphatic rings. The number of rotatable bonds is 6. The lowest BCUT2D eigenvalue weighted by atomic mass is 10.1. The number of benzene rings is 2. The average Bonchev–Trinajstić information content (AvgIpc) is 3.51. The number of carbonyl (C=O) groups is 2. The molecule has 0 aliphatic heterocycles. The Kier molecular flexibility index (Phi) is 6.27. The van der Waals surface area contributed by atoms with Crippen molar-refractivity contribution < 1.29 is 22.8 Å². The van der Waals surface area contributed by atoms with Gasteiger partial charge in [0.1, 0.15) is 0 Å². The van der Waals surface area contributed by atoms with Crippen LogP contribution in [0.3, 0.4) is 0 Å². The third-order valence-corrected chi connectivity index (χ3v) is 5.55. The van der Waals surface area contributed by atoms with Gasteiger partial charge in [-0.05, 0) is 59.5 Å². The van der Waals surface area contributed by atoms with E-state index >= 15 is 0 Å². The molecule has 0 atom stereocenters. The maximum Gasteiger partial charge on any atom is 0.435 e. The number of amides is 2. The number of aromatic nitrogens is 2. The van der Waals surface area contributed by atoms with Crippen molar-refractivity contribution in [3.8, 4) is 5.69 Å². The Morgan fingerprint density at radius 1 is 0.939 bits per heavy atom. The van der Waals surface area contributed by atoms with Crippen LogP contribution in [0.5, 0.6) is 0 Å². The maximum atomic E-state index is 12.7. The molecule has 0 bridgehead atoms. The van der Waals surface area contributed by atoms with Crippen LogP contribution in [0.25, 0.3) is 5.69 Å². The Balaban J connectivity index is 1.32. The fourth-order valence-electron chi connectivity index (χ4n) is 2.98. The quantitative estimate of drug-likeness (QED) is 0.410. The van der Waals surface area contributed by atoms with Crippen LogP contribution in [0.4, 0.5) is 18.9 Å². The van der Waals surface area contributed by atoms with Crippen LogP contribution in [0.2, 0.25) is 0 Å². The van der Waals surface area contributed by atoms with Crippen LogP contribution in [0, 0.1) is 0 Å². The molecule has 0 spiro atoms. The maximum absolute atomic E-state index is 12.7. The largest absolute Gasteiger partial charge is 0.435 e. The first-order chi connectivity index (χ1) is 15.8. The SMILES string of the molecule is O=C(NCc1ccc(-n2ccc(C(F)(F)F)n2)cc1)c1ccc(NC(=O)c2cccs2)cc1. The van der Waals surface area contributed by atoms with Crippen LogP contribution in [0.1, 0.15) is 31.3 Å². The molecule has 4 rings (SSSR count). The zero-order valence-corrected chi connectivity index (χ0v) is 17.8. The number of nitrogens with zero attached hydrogens (tertiary/aromatic N) is 2. The van der Waals surface area contributed by atoms with E-state index in [-0.39, 0.29) is 18.4 Å².